The van der Waals surface area contributed by atoms with E-state index < -0.39 is 5.97 Å². The summed E-state index contributed by atoms with van der Waals surface area (Å²) in [4.78, 5) is 25.5. The molecule has 0 aliphatic heterocycles. The van der Waals surface area contributed by atoms with Gasteiger partial charge in [-0.2, -0.15) is 0 Å². The Morgan fingerprint density at radius 3 is 2.86 bits per heavy atom. The molecule has 2 aromatic rings. The molecule has 7 heteroatoms. The topological polar surface area (TPSA) is 93.5 Å². The number of hydrogen-bond donors (Lipinski definition) is 2. The number of carbonyl (C=O) groups is 1. The van der Waals surface area contributed by atoms with Gasteiger partial charge in [0.1, 0.15) is 0 Å². The van der Waals surface area contributed by atoms with Crippen molar-refractivity contribution in [1.82, 2.24) is 9.55 Å². The van der Waals surface area contributed by atoms with Crippen molar-refractivity contribution < 1.29 is 19.4 Å². The first kappa shape index (κ1) is 15.3. The summed E-state index contributed by atoms with van der Waals surface area (Å²) in [6.07, 6.45) is 0.692. The number of aromatic amines is 1. The maximum Gasteiger partial charge on any atom is 0.335 e. The number of aryl methyl sites for hydroxylation is 1. The fraction of sp³-hybridized carbons (Fsp3) is 0.429. The molecule has 0 spiro atoms. The molecule has 21 heavy (non-hydrogen) atoms. The Morgan fingerprint density at radius 1 is 1.33 bits per heavy atom. The third-order valence-corrected chi connectivity index (χ3v) is 3.12. The number of fused-ring (bicyclic) bond motifs is 1. The van der Waals surface area contributed by atoms with Crippen LogP contribution in [-0.4, -0.2) is 47.6 Å². The summed E-state index contributed by atoms with van der Waals surface area (Å²) in [5.74, 6) is -1.02. The number of aromatic carboxylic acids is 1. The van der Waals surface area contributed by atoms with Crippen LogP contribution in [0.2, 0.25) is 0 Å². The monoisotopic (exact) mass is 294 g/mol. The van der Waals surface area contributed by atoms with E-state index in [4.69, 9.17) is 14.6 Å². The van der Waals surface area contributed by atoms with Gasteiger partial charge in [0.15, 0.2) is 0 Å². The molecule has 2 rings (SSSR count). The van der Waals surface area contributed by atoms with Crippen LogP contribution in [0.25, 0.3) is 11.0 Å². The number of aromatic nitrogens is 2. The summed E-state index contributed by atoms with van der Waals surface area (Å²) in [6.45, 7) is 2.13. The summed E-state index contributed by atoms with van der Waals surface area (Å²) in [6, 6.07) is 4.59. The Hall–Kier alpha value is -2.12. The third-order valence-electron chi connectivity index (χ3n) is 3.12. The molecule has 0 fully saturated rings. The first-order valence-corrected chi connectivity index (χ1v) is 6.66. The predicted molar refractivity (Wildman–Crippen MR) is 76.8 cm³/mol. The third kappa shape index (κ3) is 3.71. The van der Waals surface area contributed by atoms with Gasteiger partial charge in [-0.3, -0.25) is 4.57 Å². The summed E-state index contributed by atoms with van der Waals surface area (Å²) >= 11 is 0. The first-order chi connectivity index (χ1) is 10.1. The largest absolute Gasteiger partial charge is 0.478 e. The van der Waals surface area contributed by atoms with E-state index >= 15 is 0 Å². The van der Waals surface area contributed by atoms with Crippen LogP contribution in [0.1, 0.15) is 16.8 Å². The highest BCUT2D eigenvalue weighted by Crippen LogP contribution is 2.13. The summed E-state index contributed by atoms with van der Waals surface area (Å²) < 4.78 is 11.8. The van der Waals surface area contributed by atoms with Gasteiger partial charge in [-0.05, 0) is 24.6 Å². The molecule has 0 aliphatic rings. The molecule has 0 unspecified atom stereocenters. The SMILES string of the molecule is COCCOCCCn1c(=O)[nH]c2cc(C(=O)O)ccc21. The Balaban J connectivity index is 2.04. The van der Waals surface area contributed by atoms with Gasteiger partial charge in [-0.25, -0.2) is 9.59 Å². The zero-order valence-electron chi connectivity index (χ0n) is 11.8. The molecule has 114 valence electrons. The lowest BCUT2D eigenvalue weighted by Gasteiger charge is -2.05. The molecule has 0 saturated carbocycles. The van der Waals surface area contributed by atoms with Crippen LogP contribution in [0.5, 0.6) is 0 Å². The van der Waals surface area contributed by atoms with Gasteiger partial charge in [-0.15, -0.1) is 0 Å². The number of methoxy groups -OCH3 is 1. The summed E-state index contributed by atoms with van der Waals surface area (Å²) in [5.41, 5.74) is 1.13. The molecule has 0 amide bonds. The van der Waals surface area contributed by atoms with Crippen LogP contribution in [0.15, 0.2) is 23.0 Å². The Morgan fingerprint density at radius 2 is 2.14 bits per heavy atom. The van der Waals surface area contributed by atoms with Crippen molar-refractivity contribution in [3.05, 3.63) is 34.2 Å². The number of carboxylic acids is 1. The minimum atomic E-state index is -1.02. The van der Waals surface area contributed by atoms with E-state index in [0.29, 0.717) is 43.8 Å². The fourth-order valence-corrected chi connectivity index (χ4v) is 2.09. The van der Waals surface area contributed by atoms with E-state index in [1.54, 1.807) is 17.7 Å². The lowest BCUT2D eigenvalue weighted by Crippen LogP contribution is -2.18. The number of imidazole rings is 1. The van der Waals surface area contributed by atoms with Crippen LogP contribution in [0.4, 0.5) is 0 Å². The Kier molecular flexibility index (Phi) is 5.13. The van der Waals surface area contributed by atoms with E-state index in [1.165, 1.54) is 12.1 Å². The molecule has 0 aliphatic carbocycles. The van der Waals surface area contributed by atoms with Crippen molar-refractivity contribution >= 4 is 17.0 Å². The fourth-order valence-electron chi connectivity index (χ4n) is 2.09. The van der Waals surface area contributed by atoms with E-state index in [9.17, 15) is 9.59 Å². The highest BCUT2D eigenvalue weighted by Gasteiger charge is 2.09. The second-order valence-corrected chi connectivity index (χ2v) is 4.58. The average Bonchev–Trinajstić information content (AvgIpc) is 2.77. The van der Waals surface area contributed by atoms with Crippen LogP contribution in [0, 0.1) is 0 Å². The van der Waals surface area contributed by atoms with Gasteiger partial charge in [0, 0.05) is 20.3 Å². The van der Waals surface area contributed by atoms with Gasteiger partial charge >= 0.3 is 11.7 Å². The molecular formula is C14H18N2O5. The van der Waals surface area contributed by atoms with Gasteiger partial charge in [0.2, 0.25) is 0 Å². The van der Waals surface area contributed by atoms with Gasteiger partial charge in [0.25, 0.3) is 0 Å². The molecular weight excluding hydrogens is 276 g/mol. The molecule has 0 radical (unpaired) electrons. The van der Waals surface area contributed by atoms with Crippen LogP contribution in [-0.2, 0) is 16.0 Å². The Labute approximate surface area is 121 Å². The number of benzene rings is 1. The number of H-pyrrole nitrogens is 1. The highest BCUT2D eigenvalue weighted by atomic mass is 16.5. The molecule has 0 atom stereocenters. The zero-order valence-corrected chi connectivity index (χ0v) is 11.8. The van der Waals surface area contributed by atoms with E-state index in [1.807, 2.05) is 0 Å². The number of carboxylic acid groups (broad SMARTS) is 1. The van der Waals surface area contributed by atoms with Crippen molar-refractivity contribution in [2.75, 3.05) is 26.9 Å². The first-order valence-electron chi connectivity index (χ1n) is 6.66. The quantitative estimate of drug-likeness (QED) is 0.711. The van der Waals surface area contributed by atoms with Gasteiger partial charge < -0.3 is 19.6 Å². The van der Waals surface area contributed by atoms with Crippen molar-refractivity contribution in [2.45, 2.75) is 13.0 Å². The number of ether oxygens (including phenoxy) is 2. The summed E-state index contributed by atoms with van der Waals surface area (Å²) in [5, 5.41) is 8.94. The van der Waals surface area contributed by atoms with Crippen LogP contribution in [0.3, 0.4) is 0 Å². The molecule has 1 aromatic heterocycles. The van der Waals surface area contributed by atoms with Crippen molar-refractivity contribution in [3.63, 3.8) is 0 Å². The molecule has 0 saturated heterocycles. The van der Waals surface area contributed by atoms with Gasteiger partial charge in [0.05, 0.1) is 29.8 Å². The van der Waals surface area contributed by atoms with Crippen LogP contribution >= 0.6 is 0 Å². The molecule has 0 bridgehead atoms. The number of nitrogens with zero attached hydrogens (tertiary/aromatic N) is 1. The lowest BCUT2D eigenvalue weighted by atomic mass is 10.2. The predicted octanol–water partition coefficient (Wildman–Crippen LogP) is 1.08. The minimum Gasteiger partial charge on any atom is -0.478 e. The van der Waals surface area contributed by atoms with Crippen molar-refractivity contribution in [2.24, 2.45) is 0 Å². The van der Waals surface area contributed by atoms with Gasteiger partial charge in [-0.1, -0.05) is 0 Å². The van der Waals surface area contributed by atoms with E-state index in [0.717, 1.165) is 0 Å². The van der Waals surface area contributed by atoms with Crippen LogP contribution < -0.4 is 5.69 Å². The standard InChI is InChI=1S/C14H18N2O5/c1-20-7-8-21-6-2-5-16-12-4-3-10(13(17)18)9-11(12)15-14(16)19/h3-4,9H,2,5-8H2,1H3,(H,15,19)(H,17,18). The molecule has 2 N–H and O–H groups in total. The lowest BCUT2D eigenvalue weighted by molar-refractivity contribution is 0.0680. The maximum absolute atomic E-state index is 11.9. The second-order valence-electron chi connectivity index (χ2n) is 4.58. The van der Waals surface area contributed by atoms with Crippen molar-refractivity contribution in [1.29, 1.82) is 0 Å². The highest BCUT2D eigenvalue weighted by molar-refractivity contribution is 5.92. The van der Waals surface area contributed by atoms with Crippen molar-refractivity contribution in [3.8, 4) is 0 Å². The maximum atomic E-state index is 11.9. The second kappa shape index (κ2) is 7.05. The summed E-state index contributed by atoms with van der Waals surface area (Å²) in [7, 11) is 1.61. The number of nitrogens with one attached hydrogen (secondary N) is 1. The Bertz CT molecular complexity index is 674. The van der Waals surface area contributed by atoms with E-state index in [-0.39, 0.29) is 11.3 Å². The molecule has 1 heterocycles. The minimum absolute atomic E-state index is 0.152. The normalized spacial score (nSPS) is 11.1. The number of hydrogen-bond acceptors (Lipinski definition) is 4. The zero-order chi connectivity index (χ0) is 15.2. The smallest absolute Gasteiger partial charge is 0.335 e. The molecule has 7 nitrogen and oxygen atoms in total. The average molecular weight is 294 g/mol. The van der Waals surface area contributed by atoms with E-state index in [2.05, 4.69) is 4.98 Å². The molecule has 1 aromatic carbocycles. The number of rotatable bonds is 8.